The van der Waals surface area contributed by atoms with E-state index >= 15 is 0 Å². The predicted molar refractivity (Wildman–Crippen MR) is 44.8 cm³/mol. The molecule has 0 heterocycles. The van der Waals surface area contributed by atoms with Gasteiger partial charge in [0, 0.05) is 0 Å². The standard InChI is InChI=1S/C8H7BO3/c1-12-8(11)6-4-5(9)2-3-7(6)10/h2-4,10H,1H3. The van der Waals surface area contributed by atoms with Crippen LogP contribution in [0.4, 0.5) is 0 Å². The number of hydrogen-bond acceptors (Lipinski definition) is 3. The maximum atomic E-state index is 10.9. The number of aromatic hydroxyl groups is 1. The molecule has 60 valence electrons. The van der Waals surface area contributed by atoms with E-state index in [0.29, 0.717) is 5.46 Å². The van der Waals surface area contributed by atoms with E-state index in [0.717, 1.165) is 0 Å². The largest absolute Gasteiger partial charge is 0.507 e. The van der Waals surface area contributed by atoms with Crippen LogP contribution < -0.4 is 5.46 Å². The molecule has 0 unspecified atom stereocenters. The Labute approximate surface area is 71.4 Å². The quantitative estimate of drug-likeness (QED) is 0.465. The van der Waals surface area contributed by atoms with Gasteiger partial charge in [0.15, 0.2) is 0 Å². The van der Waals surface area contributed by atoms with E-state index in [2.05, 4.69) is 4.74 Å². The third kappa shape index (κ3) is 1.58. The number of phenols is 1. The summed E-state index contributed by atoms with van der Waals surface area (Å²) in [6, 6.07) is 4.21. The van der Waals surface area contributed by atoms with E-state index in [9.17, 15) is 9.90 Å². The first kappa shape index (κ1) is 8.65. The lowest BCUT2D eigenvalue weighted by Crippen LogP contribution is -2.08. The number of benzene rings is 1. The van der Waals surface area contributed by atoms with Crippen LogP contribution in [0.1, 0.15) is 10.4 Å². The molecule has 3 nitrogen and oxygen atoms in total. The van der Waals surface area contributed by atoms with Gasteiger partial charge < -0.3 is 9.84 Å². The van der Waals surface area contributed by atoms with Crippen LogP contribution in [-0.4, -0.2) is 26.0 Å². The fourth-order valence-corrected chi connectivity index (χ4v) is 0.827. The third-order valence-corrected chi connectivity index (χ3v) is 1.43. The smallest absolute Gasteiger partial charge is 0.341 e. The minimum atomic E-state index is -0.597. The minimum Gasteiger partial charge on any atom is -0.507 e. The molecule has 0 atom stereocenters. The second kappa shape index (κ2) is 3.30. The molecule has 0 aromatic heterocycles. The van der Waals surface area contributed by atoms with Crippen LogP contribution in [0, 0.1) is 0 Å². The number of rotatable bonds is 1. The number of ether oxygens (including phenoxy) is 1. The highest BCUT2D eigenvalue weighted by atomic mass is 16.5. The Kier molecular flexibility index (Phi) is 2.38. The van der Waals surface area contributed by atoms with Gasteiger partial charge in [0.25, 0.3) is 0 Å². The van der Waals surface area contributed by atoms with Crippen molar-refractivity contribution in [3.05, 3.63) is 23.8 Å². The molecule has 0 amide bonds. The number of esters is 1. The number of methoxy groups -OCH3 is 1. The zero-order valence-electron chi connectivity index (χ0n) is 6.57. The van der Waals surface area contributed by atoms with Crippen LogP contribution in [-0.2, 0) is 4.74 Å². The first-order valence-electron chi connectivity index (χ1n) is 3.32. The molecule has 1 aromatic carbocycles. The fraction of sp³-hybridized carbons (Fsp3) is 0.125. The second-order valence-corrected chi connectivity index (χ2v) is 2.27. The average molecular weight is 162 g/mol. The molecule has 12 heavy (non-hydrogen) atoms. The van der Waals surface area contributed by atoms with Crippen molar-refractivity contribution in [2.24, 2.45) is 0 Å². The summed E-state index contributed by atoms with van der Waals surface area (Å²) in [7, 11) is 6.64. The SMILES string of the molecule is [B]c1ccc(O)c(C(=O)OC)c1. The van der Waals surface area contributed by atoms with Gasteiger partial charge in [-0.3, -0.25) is 0 Å². The highest BCUT2D eigenvalue weighted by molar-refractivity contribution is 6.32. The normalized spacial score (nSPS) is 9.42. The lowest BCUT2D eigenvalue weighted by Gasteiger charge is -2.02. The molecule has 0 saturated heterocycles. The van der Waals surface area contributed by atoms with Crippen molar-refractivity contribution in [2.75, 3.05) is 7.11 Å². The Bertz CT molecular complexity index is 309. The second-order valence-electron chi connectivity index (χ2n) is 2.27. The molecule has 2 radical (unpaired) electrons. The molecule has 0 bridgehead atoms. The van der Waals surface area contributed by atoms with Crippen molar-refractivity contribution in [3.8, 4) is 5.75 Å². The van der Waals surface area contributed by atoms with E-state index < -0.39 is 5.97 Å². The lowest BCUT2D eigenvalue weighted by atomic mass is 9.94. The molecule has 0 fully saturated rings. The zero-order chi connectivity index (χ0) is 9.14. The van der Waals surface area contributed by atoms with Crippen molar-refractivity contribution >= 4 is 19.3 Å². The molecule has 1 rings (SSSR count). The molecular formula is C8H7BO3. The number of phenolic OH excluding ortho intramolecular Hbond substituents is 1. The van der Waals surface area contributed by atoms with Crippen LogP contribution in [0.2, 0.25) is 0 Å². The first-order valence-corrected chi connectivity index (χ1v) is 3.32. The highest BCUT2D eigenvalue weighted by Gasteiger charge is 2.09. The summed E-state index contributed by atoms with van der Waals surface area (Å²) >= 11 is 0. The van der Waals surface area contributed by atoms with Crippen LogP contribution in [0.15, 0.2) is 18.2 Å². The topological polar surface area (TPSA) is 46.5 Å². The Balaban J connectivity index is 3.13. The molecule has 0 aliphatic rings. The molecule has 0 saturated carbocycles. The van der Waals surface area contributed by atoms with Gasteiger partial charge >= 0.3 is 5.97 Å². The van der Waals surface area contributed by atoms with Gasteiger partial charge in [-0.1, -0.05) is 17.6 Å². The molecule has 0 spiro atoms. The molecule has 0 aliphatic heterocycles. The van der Waals surface area contributed by atoms with Crippen LogP contribution in [0.25, 0.3) is 0 Å². The molecule has 0 aliphatic carbocycles. The summed E-state index contributed by atoms with van der Waals surface area (Å²) in [5, 5.41) is 9.18. The van der Waals surface area contributed by atoms with E-state index in [4.69, 9.17) is 7.85 Å². The van der Waals surface area contributed by atoms with E-state index in [1.165, 1.54) is 25.3 Å². The van der Waals surface area contributed by atoms with Crippen LogP contribution >= 0.6 is 0 Å². The Morgan fingerprint density at radius 3 is 2.83 bits per heavy atom. The summed E-state index contributed by atoms with van der Waals surface area (Å²) in [6.07, 6.45) is 0. The van der Waals surface area contributed by atoms with E-state index in [1.807, 2.05) is 0 Å². The summed E-state index contributed by atoms with van der Waals surface area (Å²) in [5.41, 5.74) is 0.491. The molecular weight excluding hydrogens is 155 g/mol. The Hall–Kier alpha value is -1.45. The number of hydrogen-bond donors (Lipinski definition) is 1. The lowest BCUT2D eigenvalue weighted by molar-refractivity contribution is 0.0597. The van der Waals surface area contributed by atoms with Crippen molar-refractivity contribution in [3.63, 3.8) is 0 Å². The van der Waals surface area contributed by atoms with E-state index in [1.54, 1.807) is 0 Å². The van der Waals surface area contributed by atoms with E-state index in [-0.39, 0.29) is 11.3 Å². The van der Waals surface area contributed by atoms with Gasteiger partial charge in [-0.2, -0.15) is 0 Å². The summed E-state index contributed by atoms with van der Waals surface area (Å²) in [5.74, 6) is -0.726. The Morgan fingerprint density at radius 2 is 2.25 bits per heavy atom. The predicted octanol–water partition coefficient (Wildman–Crippen LogP) is -0.0274. The van der Waals surface area contributed by atoms with Crippen LogP contribution in [0.5, 0.6) is 5.75 Å². The molecule has 1 aromatic rings. The number of carbonyl (C=O) groups is 1. The minimum absolute atomic E-state index is 0.0810. The highest BCUT2D eigenvalue weighted by Crippen LogP contribution is 2.14. The zero-order valence-corrected chi connectivity index (χ0v) is 6.57. The third-order valence-electron chi connectivity index (χ3n) is 1.43. The maximum Gasteiger partial charge on any atom is 0.341 e. The van der Waals surface area contributed by atoms with Gasteiger partial charge in [-0.15, -0.1) is 0 Å². The Morgan fingerprint density at radius 1 is 1.58 bits per heavy atom. The van der Waals surface area contributed by atoms with Crippen LogP contribution in [0.3, 0.4) is 0 Å². The van der Waals surface area contributed by atoms with Gasteiger partial charge in [-0.25, -0.2) is 4.79 Å². The summed E-state index contributed by atoms with van der Waals surface area (Å²) in [6.45, 7) is 0. The molecule has 4 heteroatoms. The van der Waals surface area contributed by atoms with Gasteiger partial charge in [0.05, 0.1) is 7.11 Å². The van der Waals surface area contributed by atoms with Crippen molar-refractivity contribution in [1.29, 1.82) is 0 Å². The van der Waals surface area contributed by atoms with Crippen molar-refractivity contribution in [1.82, 2.24) is 0 Å². The maximum absolute atomic E-state index is 10.9. The number of carbonyl (C=O) groups excluding carboxylic acids is 1. The van der Waals surface area contributed by atoms with Gasteiger partial charge in [0.2, 0.25) is 0 Å². The molecule has 1 N–H and O–H groups in total. The van der Waals surface area contributed by atoms with Gasteiger partial charge in [0.1, 0.15) is 19.2 Å². The summed E-state index contributed by atoms with van der Waals surface area (Å²) < 4.78 is 4.42. The fourth-order valence-electron chi connectivity index (χ4n) is 0.827. The van der Waals surface area contributed by atoms with Crippen molar-refractivity contribution in [2.45, 2.75) is 0 Å². The monoisotopic (exact) mass is 162 g/mol. The average Bonchev–Trinajstić information content (AvgIpc) is 2.08. The van der Waals surface area contributed by atoms with Gasteiger partial charge in [-0.05, 0) is 6.07 Å². The summed E-state index contributed by atoms with van der Waals surface area (Å²) in [4.78, 5) is 10.9. The van der Waals surface area contributed by atoms with Crippen molar-refractivity contribution < 1.29 is 14.6 Å². The first-order chi connectivity index (χ1) is 5.65.